The summed E-state index contributed by atoms with van der Waals surface area (Å²) in [6.07, 6.45) is -0.0955. The minimum atomic E-state index is -0.0955. The normalized spacial score (nSPS) is 12.2. The van der Waals surface area contributed by atoms with Crippen molar-refractivity contribution in [3.63, 3.8) is 0 Å². The molecule has 1 heterocycles. The fourth-order valence-electron chi connectivity index (χ4n) is 1.41. The van der Waals surface area contributed by atoms with Crippen LogP contribution in [0.2, 0.25) is 0 Å². The van der Waals surface area contributed by atoms with Crippen LogP contribution < -0.4 is 4.74 Å². The lowest BCUT2D eigenvalue weighted by Gasteiger charge is -2.14. The van der Waals surface area contributed by atoms with Crippen LogP contribution in [0.15, 0.2) is 0 Å². The molecule has 0 N–H and O–H groups in total. The molecule has 0 aromatic carbocycles. The lowest BCUT2D eigenvalue weighted by molar-refractivity contribution is 0.0610. The van der Waals surface area contributed by atoms with E-state index in [1.54, 1.807) is 18.7 Å². The number of rotatable bonds is 5. The van der Waals surface area contributed by atoms with Crippen LogP contribution in [-0.2, 0) is 11.8 Å². The van der Waals surface area contributed by atoms with Crippen molar-refractivity contribution in [3.8, 4) is 11.9 Å². The first kappa shape index (κ1) is 12.5. The average molecular weight is 223 g/mol. The first-order valence-electron chi connectivity index (χ1n) is 5.28. The van der Waals surface area contributed by atoms with E-state index in [-0.39, 0.29) is 6.10 Å². The molecule has 1 aromatic heterocycles. The molecule has 16 heavy (non-hydrogen) atoms. The van der Waals surface area contributed by atoms with Crippen LogP contribution in [0.25, 0.3) is 0 Å². The molecule has 0 saturated carbocycles. The van der Waals surface area contributed by atoms with Gasteiger partial charge >= 0.3 is 0 Å². The number of hydrogen-bond acceptors (Lipinski definition) is 4. The van der Waals surface area contributed by atoms with Crippen molar-refractivity contribution < 1.29 is 9.47 Å². The van der Waals surface area contributed by atoms with Crippen molar-refractivity contribution in [2.24, 2.45) is 7.05 Å². The smallest absolute Gasteiger partial charge is 0.230 e. The van der Waals surface area contributed by atoms with Gasteiger partial charge in [-0.25, -0.2) is 4.68 Å². The summed E-state index contributed by atoms with van der Waals surface area (Å²) in [6, 6.07) is 2.10. The lowest BCUT2D eigenvalue weighted by atomic mass is 10.3. The SMILES string of the molecule is CCOCC(C)Oc1c(C#N)c(C)nn1C. The third kappa shape index (κ3) is 2.74. The Kier molecular flexibility index (Phi) is 4.32. The maximum Gasteiger partial charge on any atom is 0.230 e. The maximum absolute atomic E-state index is 8.99. The quantitative estimate of drug-likeness (QED) is 0.757. The molecule has 1 rings (SSSR count). The van der Waals surface area contributed by atoms with Gasteiger partial charge in [0.05, 0.1) is 12.3 Å². The molecule has 0 aliphatic carbocycles. The summed E-state index contributed by atoms with van der Waals surface area (Å²) < 4.78 is 12.5. The number of nitrogens with zero attached hydrogens (tertiary/aromatic N) is 3. The molecule has 1 unspecified atom stereocenters. The zero-order valence-corrected chi connectivity index (χ0v) is 10.1. The van der Waals surface area contributed by atoms with E-state index >= 15 is 0 Å². The van der Waals surface area contributed by atoms with Crippen LogP contribution in [-0.4, -0.2) is 29.1 Å². The second kappa shape index (κ2) is 5.52. The molecule has 0 amide bonds. The zero-order valence-electron chi connectivity index (χ0n) is 10.1. The summed E-state index contributed by atoms with van der Waals surface area (Å²) in [5.41, 5.74) is 1.18. The average Bonchev–Trinajstić information content (AvgIpc) is 2.50. The van der Waals surface area contributed by atoms with Crippen LogP contribution in [0.4, 0.5) is 0 Å². The molecule has 0 spiro atoms. The van der Waals surface area contributed by atoms with Crippen molar-refractivity contribution in [2.45, 2.75) is 26.9 Å². The predicted octanol–water partition coefficient (Wildman–Crippen LogP) is 1.40. The van der Waals surface area contributed by atoms with Crippen LogP contribution in [0.3, 0.4) is 0 Å². The lowest BCUT2D eigenvalue weighted by Crippen LogP contribution is -2.20. The molecule has 0 bridgehead atoms. The minimum absolute atomic E-state index is 0.0955. The molecule has 1 aromatic rings. The van der Waals surface area contributed by atoms with Crippen LogP contribution in [0.5, 0.6) is 5.88 Å². The van der Waals surface area contributed by atoms with Gasteiger partial charge in [-0.05, 0) is 20.8 Å². The van der Waals surface area contributed by atoms with E-state index in [0.29, 0.717) is 30.4 Å². The first-order chi connectivity index (χ1) is 7.60. The van der Waals surface area contributed by atoms with E-state index in [9.17, 15) is 0 Å². The third-order valence-electron chi connectivity index (χ3n) is 2.15. The van der Waals surface area contributed by atoms with Gasteiger partial charge in [0.25, 0.3) is 0 Å². The number of aromatic nitrogens is 2. The van der Waals surface area contributed by atoms with Crippen molar-refractivity contribution in [3.05, 3.63) is 11.3 Å². The van der Waals surface area contributed by atoms with Gasteiger partial charge in [-0.3, -0.25) is 0 Å². The highest BCUT2D eigenvalue weighted by molar-refractivity contribution is 5.42. The number of nitriles is 1. The monoisotopic (exact) mass is 223 g/mol. The Morgan fingerprint density at radius 2 is 2.25 bits per heavy atom. The second-order valence-electron chi connectivity index (χ2n) is 3.59. The van der Waals surface area contributed by atoms with E-state index in [2.05, 4.69) is 11.2 Å². The van der Waals surface area contributed by atoms with Crippen molar-refractivity contribution in [2.75, 3.05) is 13.2 Å². The van der Waals surface area contributed by atoms with Gasteiger partial charge < -0.3 is 9.47 Å². The van der Waals surface area contributed by atoms with Gasteiger partial charge in [-0.1, -0.05) is 0 Å². The molecule has 0 fully saturated rings. The van der Waals surface area contributed by atoms with Gasteiger partial charge in [0.2, 0.25) is 5.88 Å². The first-order valence-corrected chi connectivity index (χ1v) is 5.28. The molecule has 5 heteroatoms. The van der Waals surface area contributed by atoms with Gasteiger partial charge in [-0.2, -0.15) is 10.4 Å². The van der Waals surface area contributed by atoms with Gasteiger partial charge in [0.1, 0.15) is 17.7 Å². The molecular weight excluding hydrogens is 206 g/mol. The Hall–Kier alpha value is -1.54. The Morgan fingerprint density at radius 3 is 2.81 bits per heavy atom. The van der Waals surface area contributed by atoms with E-state index < -0.39 is 0 Å². The van der Waals surface area contributed by atoms with Gasteiger partial charge in [0, 0.05) is 13.7 Å². The maximum atomic E-state index is 8.99. The highest BCUT2D eigenvalue weighted by Gasteiger charge is 2.16. The van der Waals surface area contributed by atoms with Crippen LogP contribution >= 0.6 is 0 Å². The number of ether oxygens (including phenoxy) is 2. The Morgan fingerprint density at radius 1 is 1.56 bits per heavy atom. The Bertz CT molecular complexity index is 393. The number of hydrogen-bond donors (Lipinski definition) is 0. The fraction of sp³-hybridized carbons (Fsp3) is 0.636. The van der Waals surface area contributed by atoms with Gasteiger partial charge in [0.15, 0.2) is 0 Å². The molecule has 0 aliphatic rings. The summed E-state index contributed by atoms with van der Waals surface area (Å²) in [6.45, 7) is 6.79. The van der Waals surface area contributed by atoms with Crippen molar-refractivity contribution in [1.29, 1.82) is 5.26 Å². The third-order valence-corrected chi connectivity index (χ3v) is 2.15. The van der Waals surface area contributed by atoms with E-state index in [0.717, 1.165) is 0 Å². The summed E-state index contributed by atoms with van der Waals surface area (Å²) >= 11 is 0. The molecule has 88 valence electrons. The van der Waals surface area contributed by atoms with E-state index in [1.807, 2.05) is 13.8 Å². The Balaban J connectivity index is 2.77. The fourth-order valence-corrected chi connectivity index (χ4v) is 1.41. The standard InChI is InChI=1S/C11H17N3O2/c1-5-15-7-8(2)16-11-10(6-12)9(3)13-14(11)4/h8H,5,7H2,1-4H3. The molecule has 1 atom stereocenters. The topological polar surface area (TPSA) is 60.1 Å². The second-order valence-corrected chi connectivity index (χ2v) is 3.59. The Labute approximate surface area is 95.6 Å². The molecule has 0 saturated heterocycles. The molecule has 5 nitrogen and oxygen atoms in total. The summed E-state index contributed by atoms with van der Waals surface area (Å²) in [4.78, 5) is 0. The van der Waals surface area contributed by atoms with Crippen molar-refractivity contribution in [1.82, 2.24) is 9.78 Å². The zero-order chi connectivity index (χ0) is 12.1. The largest absolute Gasteiger partial charge is 0.471 e. The number of aryl methyl sites for hydroxylation is 2. The highest BCUT2D eigenvalue weighted by atomic mass is 16.5. The van der Waals surface area contributed by atoms with Crippen molar-refractivity contribution >= 4 is 0 Å². The molecule has 0 radical (unpaired) electrons. The summed E-state index contributed by atoms with van der Waals surface area (Å²) in [7, 11) is 1.76. The predicted molar refractivity (Wildman–Crippen MR) is 59.2 cm³/mol. The van der Waals surface area contributed by atoms with Crippen LogP contribution in [0, 0.1) is 18.3 Å². The highest BCUT2D eigenvalue weighted by Crippen LogP contribution is 2.21. The minimum Gasteiger partial charge on any atom is -0.471 e. The summed E-state index contributed by atoms with van der Waals surface area (Å²) in [5.74, 6) is 0.507. The molecule has 0 aliphatic heterocycles. The van der Waals surface area contributed by atoms with E-state index in [4.69, 9.17) is 14.7 Å². The van der Waals surface area contributed by atoms with Gasteiger partial charge in [-0.15, -0.1) is 0 Å². The van der Waals surface area contributed by atoms with Crippen LogP contribution in [0.1, 0.15) is 25.1 Å². The molecular formula is C11H17N3O2. The summed E-state index contributed by atoms with van der Waals surface area (Å²) in [5, 5.41) is 13.1. The van der Waals surface area contributed by atoms with E-state index in [1.165, 1.54) is 0 Å².